The minimum atomic E-state index is -0.232. The fourth-order valence-corrected chi connectivity index (χ4v) is 2.00. The topological polar surface area (TPSA) is 71.3 Å². The van der Waals surface area contributed by atoms with E-state index < -0.39 is 0 Å². The Morgan fingerprint density at radius 2 is 2.11 bits per heavy atom. The van der Waals surface area contributed by atoms with Gasteiger partial charge in [0, 0.05) is 12.6 Å². The number of hydrogen-bond acceptors (Lipinski definition) is 4. The summed E-state index contributed by atoms with van der Waals surface area (Å²) in [6.45, 7) is 2.56. The summed E-state index contributed by atoms with van der Waals surface area (Å²) in [5.74, 6) is 0.979. The number of hydrogen-bond donors (Lipinski definition) is 1. The number of nitrogens with zero attached hydrogens (tertiary/aromatic N) is 3. The highest BCUT2D eigenvalue weighted by molar-refractivity contribution is 5.76. The van der Waals surface area contributed by atoms with Gasteiger partial charge in [0.15, 0.2) is 0 Å². The highest BCUT2D eigenvalue weighted by atomic mass is 16.5. The predicted molar refractivity (Wildman–Crippen MR) is 68.4 cm³/mol. The van der Waals surface area contributed by atoms with Crippen LogP contribution in [0.5, 0.6) is 0 Å². The molecule has 1 aromatic heterocycles. The minimum Gasteiger partial charge on any atom is -0.337 e. The summed E-state index contributed by atoms with van der Waals surface area (Å²) < 4.78 is 5.23. The van der Waals surface area contributed by atoms with Crippen LogP contribution in [0.3, 0.4) is 0 Å². The second-order valence-corrected chi connectivity index (χ2v) is 4.70. The van der Waals surface area contributed by atoms with Crippen LogP contribution in [0.25, 0.3) is 11.4 Å². The summed E-state index contributed by atoms with van der Waals surface area (Å²) in [6, 6.07) is 7.53. The van der Waals surface area contributed by atoms with Gasteiger partial charge in [-0.05, 0) is 6.92 Å². The molecule has 1 saturated heterocycles. The SMILES string of the molecule is Cc1ccc(-c2noc([C@@H]3CN(C)C(=O)N3)n2)cc1. The van der Waals surface area contributed by atoms with E-state index in [1.54, 1.807) is 11.9 Å². The van der Waals surface area contributed by atoms with E-state index in [2.05, 4.69) is 15.5 Å². The van der Waals surface area contributed by atoms with Gasteiger partial charge in [-0.25, -0.2) is 4.79 Å². The molecule has 6 heteroatoms. The molecule has 2 aromatic rings. The number of urea groups is 1. The van der Waals surface area contributed by atoms with E-state index in [-0.39, 0.29) is 12.1 Å². The van der Waals surface area contributed by atoms with E-state index in [1.807, 2.05) is 31.2 Å². The number of nitrogens with one attached hydrogen (secondary N) is 1. The Morgan fingerprint density at radius 3 is 2.74 bits per heavy atom. The van der Waals surface area contributed by atoms with Crippen molar-refractivity contribution in [2.45, 2.75) is 13.0 Å². The monoisotopic (exact) mass is 258 g/mol. The van der Waals surface area contributed by atoms with Crippen LogP contribution in [0.4, 0.5) is 4.79 Å². The Morgan fingerprint density at radius 1 is 1.37 bits per heavy atom. The van der Waals surface area contributed by atoms with Gasteiger partial charge in [0.25, 0.3) is 5.89 Å². The first-order valence-corrected chi connectivity index (χ1v) is 6.06. The van der Waals surface area contributed by atoms with E-state index in [0.29, 0.717) is 18.3 Å². The lowest BCUT2D eigenvalue weighted by Gasteiger charge is -2.03. The van der Waals surface area contributed by atoms with Crippen LogP contribution in [0, 0.1) is 6.92 Å². The fourth-order valence-electron chi connectivity index (χ4n) is 2.00. The van der Waals surface area contributed by atoms with Crippen molar-refractivity contribution < 1.29 is 9.32 Å². The molecule has 2 heterocycles. The van der Waals surface area contributed by atoms with E-state index in [1.165, 1.54) is 5.56 Å². The molecule has 2 amide bonds. The third-order valence-corrected chi connectivity index (χ3v) is 3.15. The molecule has 1 aliphatic rings. The fraction of sp³-hybridized carbons (Fsp3) is 0.308. The third kappa shape index (κ3) is 2.16. The molecule has 98 valence electrons. The van der Waals surface area contributed by atoms with Gasteiger partial charge in [-0.1, -0.05) is 35.0 Å². The van der Waals surface area contributed by atoms with E-state index in [4.69, 9.17) is 4.52 Å². The van der Waals surface area contributed by atoms with Gasteiger partial charge in [0.2, 0.25) is 5.82 Å². The van der Waals surface area contributed by atoms with Crippen molar-refractivity contribution in [2.75, 3.05) is 13.6 Å². The standard InChI is InChI=1S/C13H14N4O2/c1-8-3-5-9(6-4-8)11-15-12(19-16-11)10-7-17(2)13(18)14-10/h3-6,10H,7H2,1-2H3,(H,14,18)/t10-/m0/s1. The number of likely N-dealkylation sites (N-methyl/N-ethyl adjacent to an activating group) is 1. The summed E-state index contributed by atoms with van der Waals surface area (Å²) in [7, 11) is 1.73. The number of carbonyl (C=O) groups excluding carboxylic acids is 1. The first-order chi connectivity index (χ1) is 9.13. The van der Waals surface area contributed by atoms with Crippen LogP contribution in [0.2, 0.25) is 0 Å². The number of aromatic nitrogens is 2. The van der Waals surface area contributed by atoms with Crippen molar-refractivity contribution in [1.29, 1.82) is 0 Å². The van der Waals surface area contributed by atoms with Crippen molar-refractivity contribution in [3.8, 4) is 11.4 Å². The van der Waals surface area contributed by atoms with Gasteiger partial charge in [-0.2, -0.15) is 4.98 Å². The molecule has 6 nitrogen and oxygen atoms in total. The van der Waals surface area contributed by atoms with Gasteiger partial charge in [-0.15, -0.1) is 0 Å². The quantitative estimate of drug-likeness (QED) is 0.890. The number of benzene rings is 1. The van der Waals surface area contributed by atoms with Crippen LogP contribution in [-0.2, 0) is 0 Å². The molecular formula is C13H14N4O2. The van der Waals surface area contributed by atoms with Crippen molar-refractivity contribution in [1.82, 2.24) is 20.4 Å². The van der Waals surface area contributed by atoms with Crippen LogP contribution >= 0.6 is 0 Å². The Balaban J connectivity index is 1.84. The van der Waals surface area contributed by atoms with Crippen molar-refractivity contribution in [2.24, 2.45) is 0 Å². The molecule has 0 bridgehead atoms. The molecule has 0 aliphatic carbocycles. The average molecular weight is 258 g/mol. The molecule has 0 spiro atoms. The highest BCUT2D eigenvalue weighted by Gasteiger charge is 2.31. The van der Waals surface area contributed by atoms with Gasteiger partial charge in [-0.3, -0.25) is 0 Å². The first kappa shape index (κ1) is 11.7. The molecule has 1 fully saturated rings. The number of carbonyl (C=O) groups is 1. The summed E-state index contributed by atoms with van der Waals surface area (Å²) in [6.07, 6.45) is 0. The lowest BCUT2D eigenvalue weighted by molar-refractivity contribution is 0.226. The second-order valence-electron chi connectivity index (χ2n) is 4.70. The minimum absolute atomic E-state index is 0.125. The lowest BCUT2D eigenvalue weighted by atomic mass is 10.1. The molecule has 1 aliphatic heterocycles. The zero-order valence-corrected chi connectivity index (χ0v) is 10.8. The Kier molecular flexibility index (Phi) is 2.70. The van der Waals surface area contributed by atoms with Gasteiger partial charge < -0.3 is 14.7 Å². The molecule has 19 heavy (non-hydrogen) atoms. The normalized spacial score (nSPS) is 18.7. The third-order valence-electron chi connectivity index (χ3n) is 3.15. The van der Waals surface area contributed by atoms with Gasteiger partial charge in [0.05, 0.1) is 6.54 Å². The Labute approximate surface area is 110 Å². The Bertz CT molecular complexity index is 605. The van der Waals surface area contributed by atoms with E-state index in [9.17, 15) is 4.79 Å². The molecule has 1 N–H and O–H groups in total. The Hall–Kier alpha value is -2.37. The number of amides is 2. The summed E-state index contributed by atoms with van der Waals surface area (Å²) in [5, 5.41) is 6.74. The van der Waals surface area contributed by atoms with Gasteiger partial charge in [0.1, 0.15) is 6.04 Å². The lowest BCUT2D eigenvalue weighted by Crippen LogP contribution is -2.24. The molecule has 0 radical (unpaired) electrons. The number of aryl methyl sites for hydroxylation is 1. The van der Waals surface area contributed by atoms with Crippen LogP contribution < -0.4 is 5.32 Å². The van der Waals surface area contributed by atoms with Crippen molar-refractivity contribution >= 4 is 6.03 Å². The first-order valence-electron chi connectivity index (χ1n) is 6.06. The summed E-state index contributed by atoms with van der Waals surface area (Å²) in [5.41, 5.74) is 2.08. The molecule has 1 atom stereocenters. The van der Waals surface area contributed by atoms with Crippen molar-refractivity contribution in [3.63, 3.8) is 0 Å². The van der Waals surface area contributed by atoms with Gasteiger partial charge >= 0.3 is 6.03 Å². The van der Waals surface area contributed by atoms with Crippen LogP contribution in [0.15, 0.2) is 28.8 Å². The molecule has 0 saturated carbocycles. The molecule has 3 rings (SSSR count). The molecule has 0 unspecified atom stereocenters. The average Bonchev–Trinajstić information content (AvgIpc) is 2.99. The van der Waals surface area contributed by atoms with Crippen LogP contribution in [0.1, 0.15) is 17.5 Å². The number of rotatable bonds is 2. The zero-order valence-electron chi connectivity index (χ0n) is 10.8. The summed E-state index contributed by atoms with van der Waals surface area (Å²) in [4.78, 5) is 17.3. The molecular weight excluding hydrogens is 244 g/mol. The van der Waals surface area contributed by atoms with Crippen LogP contribution in [-0.4, -0.2) is 34.7 Å². The van der Waals surface area contributed by atoms with E-state index >= 15 is 0 Å². The molecule has 1 aromatic carbocycles. The van der Waals surface area contributed by atoms with E-state index in [0.717, 1.165) is 5.56 Å². The maximum atomic E-state index is 11.4. The predicted octanol–water partition coefficient (Wildman–Crippen LogP) is 1.74. The summed E-state index contributed by atoms with van der Waals surface area (Å²) >= 11 is 0. The highest BCUT2D eigenvalue weighted by Crippen LogP contribution is 2.21. The largest absolute Gasteiger partial charge is 0.337 e. The zero-order chi connectivity index (χ0) is 13.4. The second kappa shape index (κ2) is 4.38. The van der Waals surface area contributed by atoms with Crippen molar-refractivity contribution in [3.05, 3.63) is 35.7 Å². The maximum absolute atomic E-state index is 11.4. The smallest absolute Gasteiger partial charge is 0.317 e. The maximum Gasteiger partial charge on any atom is 0.317 e.